The molecule has 2 saturated heterocycles. The molecule has 1 aromatic rings. The summed E-state index contributed by atoms with van der Waals surface area (Å²) >= 11 is 0. The van der Waals surface area contributed by atoms with Crippen molar-refractivity contribution in [1.82, 2.24) is 16.0 Å². The zero-order chi connectivity index (χ0) is 34.3. The Balaban J connectivity index is 1.35. The highest BCUT2D eigenvalue weighted by molar-refractivity contribution is 5.68. The molecule has 11 nitrogen and oxygen atoms in total. The topological polar surface area (TPSA) is 177 Å². The molecule has 0 aromatic heterocycles. The molecule has 10 N–H and O–H groups in total. The fourth-order valence-electron chi connectivity index (χ4n) is 9.09. The van der Waals surface area contributed by atoms with Gasteiger partial charge in [0.15, 0.2) is 6.67 Å². The number of piperidine rings is 2. The fourth-order valence-corrected chi connectivity index (χ4v) is 9.09. The molecule has 11 heteroatoms. The molecule has 4 bridgehead atoms. The van der Waals surface area contributed by atoms with Gasteiger partial charge in [-0.3, -0.25) is 10.1 Å². The quantitative estimate of drug-likeness (QED) is 0.202. The fraction of sp³-hybridized carbons (Fsp3) is 0.784. The number of rotatable bonds is 7. The minimum atomic E-state index is -1.41. The second kappa shape index (κ2) is 16.8. The minimum absolute atomic E-state index is 0.00551. The number of nitrogens with zero attached hydrogens (tertiary/aromatic N) is 1. The predicted octanol–water partition coefficient (Wildman–Crippen LogP) is 0.738. The van der Waals surface area contributed by atoms with E-state index in [1.54, 1.807) is 0 Å². The first-order valence-electron chi connectivity index (χ1n) is 18.6. The number of carbonyl (C=O) groups is 1. The van der Waals surface area contributed by atoms with E-state index in [-0.39, 0.29) is 55.4 Å². The number of aliphatic hydroxyl groups is 3. The lowest BCUT2D eigenvalue weighted by Crippen LogP contribution is -3.16. The van der Waals surface area contributed by atoms with E-state index >= 15 is 0 Å². The molecule has 4 aliphatic heterocycles. The van der Waals surface area contributed by atoms with Gasteiger partial charge >= 0.3 is 5.97 Å². The second-order valence-corrected chi connectivity index (χ2v) is 16.1. The van der Waals surface area contributed by atoms with Crippen LogP contribution in [-0.2, 0) is 17.6 Å². The van der Waals surface area contributed by atoms with Crippen molar-refractivity contribution in [2.75, 3.05) is 26.4 Å². The van der Waals surface area contributed by atoms with Crippen molar-refractivity contribution < 1.29 is 30.1 Å². The van der Waals surface area contributed by atoms with Gasteiger partial charge in [0.25, 0.3) is 0 Å². The highest BCUT2D eigenvalue weighted by Crippen LogP contribution is 2.31. The summed E-state index contributed by atoms with van der Waals surface area (Å²) in [6, 6.07) is 9.85. The van der Waals surface area contributed by atoms with Crippen molar-refractivity contribution in [3.63, 3.8) is 0 Å². The standard InChI is InChI=1S/C37H62N6O5/c1-25-33(45)18-32(43-14-13-39-24-43)31(41-25)10-9-26-5-3-6-27(22-44)11-12-37(48,21-35(46)47)23-40-36(2)19-30(42-34(38)20-36)17-29-8-4-7-28(15-26)16-29/h4,7-8,13,16,25-27,30-34,40-42,44-45,48H,3,5-6,9-12,14-15,17-24,38H2,1-2H3,(H,46,47)/p+1. The van der Waals surface area contributed by atoms with Crippen molar-refractivity contribution in [2.24, 2.45) is 22.6 Å². The molecule has 0 saturated carbocycles. The van der Waals surface area contributed by atoms with E-state index in [1.807, 2.05) is 6.21 Å². The van der Waals surface area contributed by atoms with E-state index in [0.29, 0.717) is 37.3 Å². The molecule has 0 spiro atoms. The number of nitrogens with two attached hydrogens (primary N) is 1. The molecular formula is C37H63N6O5+. The van der Waals surface area contributed by atoms with E-state index in [4.69, 9.17) is 5.73 Å². The molecule has 11 atom stereocenters. The van der Waals surface area contributed by atoms with Gasteiger partial charge in [-0.15, -0.1) is 0 Å². The highest BCUT2D eigenvalue weighted by Gasteiger charge is 2.41. The summed E-state index contributed by atoms with van der Waals surface area (Å²) in [4.78, 5) is 17.8. The minimum Gasteiger partial charge on any atom is -0.481 e. The molecule has 2 fully saturated rings. The van der Waals surface area contributed by atoms with E-state index in [2.05, 4.69) is 59.1 Å². The van der Waals surface area contributed by atoms with Gasteiger partial charge in [-0.2, -0.15) is 0 Å². The van der Waals surface area contributed by atoms with Gasteiger partial charge in [0.05, 0.1) is 36.5 Å². The van der Waals surface area contributed by atoms with Crippen LogP contribution in [-0.4, -0.2) is 107 Å². The summed E-state index contributed by atoms with van der Waals surface area (Å²) in [5.41, 5.74) is 7.38. The van der Waals surface area contributed by atoms with Gasteiger partial charge < -0.3 is 41.7 Å². The average molecular weight is 672 g/mol. The summed E-state index contributed by atoms with van der Waals surface area (Å²) in [6.45, 7) is 6.11. The maximum atomic E-state index is 11.8. The van der Waals surface area contributed by atoms with Crippen LogP contribution in [0.1, 0.15) is 95.6 Å². The summed E-state index contributed by atoms with van der Waals surface area (Å²) in [5.74, 6) is -0.552. The van der Waals surface area contributed by atoms with Gasteiger partial charge in [0, 0.05) is 37.2 Å². The number of fused-ring (bicyclic) bond motifs is 4. The van der Waals surface area contributed by atoms with Crippen LogP contribution in [0, 0.1) is 11.8 Å². The zero-order valence-electron chi connectivity index (χ0n) is 29.2. The van der Waals surface area contributed by atoms with Crippen molar-refractivity contribution in [1.29, 1.82) is 0 Å². The lowest BCUT2D eigenvalue weighted by molar-refractivity contribution is -0.914. The maximum absolute atomic E-state index is 11.8. The molecule has 0 amide bonds. The van der Waals surface area contributed by atoms with Crippen LogP contribution in [0.4, 0.5) is 0 Å². The SMILES string of the molecule is CC1NC(CCC2CCCC(CO)CCC(O)(CC(=O)O)CNC3(C)CC(N)NC(Cc4cccc(c4)C2)C3)C([NH+]2CC=NC2)CC1O. The van der Waals surface area contributed by atoms with E-state index in [1.165, 1.54) is 16.0 Å². The molecule has 0 aliphatic carbocycles. The Kier molecular flexibility index (Phi) is 13.1. The number of aliphatic imine (C=N–C) groups is 1. The van der Waals surface area contributed by atoms with Crippen LogP contribution < -0.4 is 26.6 Å². The summed E-state index contributed by atoms with van der Waals surface area (Å²) < 4.78 is 0. The Bertz CT molecular complexity index is 1210. The largest absolute Gasteiger partial charge is 0.481 e. The number of hydrogen-bond acceptors (Lipinski definition) is 9. The first-order valence-corrected chi connectivity index (χ1v) is 18.6. The smallest absolute Gasteiger partial charge is 0.306 e. The van der Waals surface area contributed by atoms with Crippen molar-refractivity contribution >= 4 is 12.2 Å². The van der Waals surface area contributed by atoms with Crippen LogP contribution >= 0.6 is 0 Å². The van der Waals surface area contributed by atoms with Crippen LogP contribution in [0.15, 0.2) is 29.3 Å². The first kappa shape index (κ1) is 37.3. The molecule has 270 valence electrons. The number of β-amino-alcohol motifs (C(OH)–C–C–N with tert-alkyl or cyclic N) is 1. The van der Waals surface area contributed by atoms with Gasteiger partial charge in [0.1, 0.15) is 12.6 Å². The van der Waals surface area contributed by atoms with Crippen LogP contribution in [0.3, 0.4) is 0 Å². The number of aliphatic carboxylic acids is 1. The second-order valence-electron chi connectivity index (χ2n) is 16.1. The first-order chi connectivity index (χ1) is 22.9. The lowest BCUT2D eigenvalue weighted by atomic mass is 9.80. The van der Waals surface area contributed by atoms with Crippen LogP contribution in [0.25, 0.3) is 0 Å². The number of quaternary nitrogens is 1. The molecule has 0 radical (unpaired) electrons. The number of hydrogen-bond donors (Lipinski definition) is 9. The molecule has 1 aromatic carbocycles. The van der Waals surface area contributed by atoms with E-state index < -0.39 is 11.6 Å². The number of aliphatic hydroxyl groups excluding tert-OH is 2. The van der Waals surface area contributed by atoms with E-state index in [9.17, 15) is 25.2 Å². The van der Waals surface area contributed by atoms with Gasteiger partial charge in [-0.05, 0) is 94.6 Å². The molecular weight excluding hydrogens is 608 g/mol. The third-order valence-corrected chi connectivity index (χ3v) is 11.9. The molecule has 4 aliphatic rings. The summed E-state index contributed by atoms with van der Waals surface area (Å²) in [5, 5.41) is 53.2. The summed E-state index contributed by atoms with van der Waals surface area (Å²) in [6.07, 6.45) is 11.1. The Labute approximate surface area is 287 Å². The van der Waals surface area contributed by atoms with Gasteiger partial charge in [-0.25, -0.2) is 4.99 Å². The van der Waals surface area contributed by atoms with Gasteiger partial charge in [0.2, 0.25) is 0 Å². The van der Waals surface area contributed by atoms with Crippen LogP contribution in [0.2, 0.25) is 0 Å². The molecule has 11 unspecified atom stereocenters. The molecule has 5 rings (SSSR count). The normalized spacial score (nSPS) is 40.2. The highest BCUT2D eigenvalue weighted by atomic mass is 16.4. The third-order valence-electron chi connectivity index (χ3n) is 11.9. The lowest BCUT2D eigenvalue weighted by Gasteiger charge is -2.44. The summed E-state index contributed by atoms with van der Waals surface area (Å²) in [7, 11) is 0. The van der Waals surface area contributed by atoms with Crippen molar-refractivity contribution in [2.45, 2.75) is 145 Å². The number of benzene rings is 1. The maximum Gasteiger partial charge on any atom is 0.306 e. The number of carboxylic acid groups (broad SMARTS) is 1. The average Bonchev–Trinajstić information content (AvgIpc) is 3.56. The van der Waals surface area contributed by atoms with E-state index in [0.717, 1.165) is 71.0 Å². The van der Waals surface area contributed by atoms with Gasteiger partial charge in [-0.1, -0.05) is 37.1 Å². The Morgan fingerprint density at radius 1 is 1.10 bits per heavy atom. The predicted molar refractivity (Wildman–Crippen MR) is 188 cm³/mol. The number of carboxylic acids is 1. The van der Waals surface area contributed by atoms with Crippen molar-refractivity contribution in [3.8, 4) is 0 Å². The Hall–Kier alpha value is -1.96. The Morgan fingerprint density at radius 2 is 1.88 bits per heavy atom. The Morgan fingerprint density at radius 3 is 2.60 bits per heavy atom. The third kappa shape index (κ3) is 10.5. The molecule has 48 heavy (non-hydrogen) atoms. The zero-order valence-corrected chi connectivity index (χ0v) is 29.2. The number of nitrogens with one attached hydrogen (secondary N) is 4. The monoisotopic (exact) mass is 671 g/mol. The van der Waals surface area contributed by atoms with Crippen molar-refractivity contribution in [3.05, 3.63) is 35.4 Å². The van der Waals surface area contributed by atoms with Crippen LogP contribution in [0.5, 0.6) is 0 Å². The molecule has 4 heterocycles.